The Morgan fingerprint density at radius 1 is 1.24 bits per heavy atom. The van der Waals surface area contributed by atoms with Crippen molar-refractivity contribution < 1.29 is 15.0 Å². The van der Waals surface area contributed by atoms with Crippen molar-refractivity contribution >= 4 is 17.7 Å². The first kappa shape index (κ1) is 27.3. The minimum Gasteiger partial charge on any atom is -0.512 e. The number of benzene rings is 1. The quantitative estimate of drug-likeness (QED) is 0.400. The van der Waals surface area contributed by atoms with Crippen LogP contribution < -0.4 is 5.32 Å². The zero-order valence-electron chi connectivity index (χ0n) is 19.9. The Kier molecular flexibility index (Phi) is 11.9. The van der Waals surface area contributed by atoms with E-state index in [4.69, 9.17) is 5.26 Å². The molecule has 1 aliphatic rings. The summed E-state index contributed by atoms with van der Waals surface area (Å²) in [5, 5.41) is 31.5. The number of carbonyl (C=O) groups excluding carboxylic acids is 1. The Bertz CT molecular complexity index is 1030. The molecule has 174 valence electrons. The van der Waals surface area contributed by atoms with E-state index in [1.807, 2.05) is 13.8 Å². The summed E-state index contributed by atoms with van der Waals surface area (Å²) >= 11 is 0. The Hall–Kier alpha value is -3.69. The number of rotatable bonds is 7. The standard InChI is InChI=1S/C25H27N3O3.C2H6/c1-4-19(12-26)6-5-17(2)20-7-9-21(10-8-20)25(31)28-15-23-14-27-13-18(3)24(30)11-22(23)16-29;1-2/h4-10,14,29-30H,2,11,13,15-16H2,1,3H3,(H,28,31);1-2H3/b6-5-,19-4+,23-22-,24-18+,27-14?;. The molecule has 1 aromatic rings. The van der Waals surface area contributed by atoms with Gasteiger partial charge >= 0.3 is 0 Å². The molecule has 0 fully saturated rings. The fourth-order valence-corrected chi connectivity index (χ4v) is 2.87. The van der Waals surface area contributed by atoms with Crippen molar-refractivity contribution in [3.63, 3.8) is 0 Å². The molecule has 33 heavy (non-hydrogen) atoms. The van der Waals surface area contributed by atoms with Crippen molar-refractivity contribution in [1.82, 2.24) is 5.32 Å². The fraction of sp³-hybridized carbons (Fsp3) is 0.296. The van der Waals surface area contributed by atoms with Crippen LogP contribution in [0, 0.1) is 11.3 Å². The lowest BCUT2D eigenvalue weighted by Gasteiger charge is -2.15. The first-order valence-corrected chi connectivity index (χ1v) is 10.9. The van der Waals surface area contributed by atoms with Crippen molar-refractivity contribution in [2.75, 3.05) is 19.7 Å². The van der Waals surface area contributed by atoms with Crippen molar-refractivity contribution in [1.29, 1.82) is 5.26 Å². The second kappa shape index (κ2) is 14.4. The summed E-state index contributed by atoms with van der Waals surface area (Å²) in [5.74, 6) is -0.0597. The number of carbonyl (C=O) groups is 1. The number of aliphatic hydroxyl groups is 2. The number of nitriles is 1. The molecule has 0 bridgehead atoms. The molecular weight excluding hydrogens is 414 g/mol. The molecule has 1 heterocycles. The first-order chi connectivity index (χ1) is 15.9. The van der Waals surface area contributed by atoms with Gasteiger partial charge < -0.3 is 15.5 Å². The molecule has 0 radical (unpaired) electrons. The Balaban J connectivity index is 0.00000265. The first-order valence-electron chi connectivity index (χ1n) is 10.9. The Morgan fingerprint density at radius 3 is 2.45 bits per heavy atom. The van der Waals surface area contributed by atoms with Crippen LogP contribution in [0.2, 0.25) is 0 Å². The largest absolute Gasteiger partial charge is 0.512 e. The van der Waals surface area contributed by atoms with Crippen LogP contribution >= 0.6 is 0 Å². The van der Waals surface area contributed by atoms with Crippen LogP contribution in [0.4, 0.5) is 0 Å². The second-order valence-corrected chi connectivity index (χ2v) is 7.13. The van der Waals surface area contributed by atoms with Crippen LogP contribution in [-0.4, -0.2) is 42.0 Å². The highest BCUT2D eigenvalue weighted by molar-refractivity contribution is 5.95. The van der Waals surface area contributed by atoms with E-state index in [0.717, 1.165) is 16.7 Å². The van der Waals surface area contributed by atoms with Gasteiger partial charge in [0.2, 0.25) is 0 Å². The van der Waals surface area contributed by atoms with E-state index >= 15 is 0 Å². The third-order valence-electron chi connectivity index (χ3n) is 4.96. The SMILES string of the molecule is C=C(/C=C\C(C#N)=C/C)c1ccc(C(=O)NC/C2=C(\CO)C/C(O)=C(/C)CN=C2)cc1.CC. The van der Waals surface area contributed by atoms with Crippen LogP contribution in [0.25, 0.3) is 5.57 Å². The predicted molar refractivity (Wildman–Crippen MR) is 135 cm³/mol. The smallest absolute Gasteiger partial charge is 0.251 e. The van der Waals surface area contributed by atoms with E-state index in [9.17, 15) is 15.0 Å². The van der Waals surface area contributed by atoms with Gasteiger partial charge in [0.25, 0.3) is 5.91 Å². The molecular formula is C27H33N3O3. The molecule has 1 aromatic carbocycles. The van der Waals surface area contributed by atoms with E-state index in [-0.39, 0.29) is 31.2 Å². The van der Waals surface area contributed by atoms with E-state index in [2.05, 4.69) is 23.0 Å². The van der Waals surface area contributed by atoms with Gasteiger partial charge in [-0.2, -0.15) is 5.26 Å². The summed E-state index contributed by atoms with van der Waals surface area (Å²) in [7, 11) is 0. The number of nitrogens with zero attached hydrogens (tertiary/aromatic N) is 2. The maximum absolute atomic E-state index is 12.5. The van der Waals surface area contributed by atoms with Crippen molar-refractivity contribution in [2.24, 2.45) is 4.99 Å². The van der Waals surface area contributed by atoms with Gasteiger partial charge in [-0.05, 0) is 59.9 Å². The number of aliphatic hydroxyl groups excluding tert-OH is 2. The third kappa shape index (κ3) is 8.40. The zero-order valence-corrected chi connectivity index (χ0v) is 19.9. The van der Waals surface area contributed by atoms with Gasteiger partial charge in [-0.15, -0.1) is 0 Å². The highest BCUT2D eigenvalue weighted by Gasteiger charge is 2.13. The molecule has 3 N–H and O–H groups in total. The van der Waals surface area contributed by atoms with Gasteiger partial charge in [-0.25, -0.2) is 0 Å². The molecule has 1 aliphatic heterocycles. The molecule has 0 unspecified atom stereocenters. The number of hydrogen-bond acceptors (Lipinski definition) is 5. The normalized spacial score (nSPS) is 18.6. The van der Waals surface area contributed by atoms with Crippen LogP contribution in [0.3, 0.4) is 0 Å². The molecule has 0 aliphatic carbocycles. The van der Waals surface area contributed by atoms with Crippen LogP contribution in [-0.2, 0) is 0 Å². The van der Waals surface area contributed by atoms with Gasteiger partial charge in [0.05, 0.1) is 25.0 Å². The van der Waals surface area contributed by atoms with Crippen molar-refractivity contribution in [3.8, 4) is 6.07 Å². The van der Waals surface area contributed by atoms with Gasteiger partial charge in [0, 0.05) is 30.3 Å². The fourth-order valence-electron chi connectivity index (χ4n) is 2.87. The molecule has 6 nitrogen and oxygen atoms in total. The van der Waals surface area contributed by atoms with E-state index in [0.29, 0.717) is 28.8 Å². The summed E-state index contributed by atoms with van der Waals surface area (Å²) in [5.41, 5.74) is 4.67. The summed E-state index contributed by atoms with van der Waals surface area (Å²) in [4.78, 5) is 16.8. The summed E-state index contributed by atoms with van der Waals surface area (Å²) in [6.45, 7) is 11.9. The van der Waals surface area contributed by atoms with E-state index in [1.54, 1.807) is 62.6 Å². The molecule has 6 heteroatoms. The average molecular weight is 448 g/mol. The molecule has 2 rings (SSSR count). The summed E-state index contributed by atoms with van der Waals surface area (Å²) in [6.07, 6.45) is 7.05. The topological polar surface area (TPSA) is 106 Å². The maximum Gasteiger partial charge on any atom is 0.251 e. The zero-order chi connectivity index (χ0) is 24.8. The lowest BCUT2D eigenvalue weighted by atomic mass is 10.0. The predicted octanol–water partition coefficient (Wildman–Crippen LogP) is 5.08. The number of allylic oxidation sites excluding steroid dienone is 6. The second-order valence-electron chi connectivity index (χ2n) is 7.13. The maximum atomic E-state index is 12.5. The monoisotopic (exact) mass is 447 g/mol. The minimum atomic E-state index is -0.260. The third-order valence-corrected chi connectivity index (χ3v) is 4.96. The van der Waals surface area contributed by atoms with Crippen LogP contribution in [0.15, 0.2) is 82.1 Å². The highest BCUT2D eigenvalue weighted by Crippen LogP contribution is 2.18. The Morgan fingerprint density at radius 2 is 1.88 bits per heavy atom. The summed E-state index contributed by atoms with van der Waals surface area (Å²) < 4.78 is 0. The van der Waals surface area contributed by atoms with Gasteiger partial charge in [-0.1, -0.05) is 44.7 Å². The number of nitrogens with one attached hydrogen (secondary N) is 1. The lowest BCUT2D eigenvalue weighted by molar-refractivity contribution is 0.0957. The summed E-state index contributed by atoms with van der Waals surface area (Å²) in [6, 6.07) is 9.08. The number of amides is 1. The number of aliphatic imine (C=N–C) groups is 1. The lowest BCUT2D eigenvalue weighted by Crippen LogP contribution is -2.27. The van der Waals surface area contributed by atoms with Gasteiger partial charge in [-0.3, -0.25) is 9.79 Å². The van der Waals surface area contributed by atoms with Crippen molar-refractivity contribution in [3.05, 3.63) is 88.3 Å². The van der Waals surface area contributed by atoms with E-state index in [1.165, 1.54) is 0 Å². The molecule has 0 atom stereocenters. The number of hydrogen-bond donors (Lipinski definition) is 3. The molecule has 1 amide bonds. The molecule has 0 spiro atoms. The average Bonchev–Trinajstić information content (AvgIpc) is 2.85. The molecule has 0 saturated heterocycles. The highest BCUT2D eigenvalue weighted by atomic mass is 16.3. The van der Waals surface area contributed by atoms with Crippen molar-refractivity contribution in [2.45, 2.75) is 34.1 Å². The van der Waals surface area contributed by atoms with Gasteiger partial charge in [0.15, 0.2) is 0 Å². The molecule has 0 saturated carbocycles. The van der Waals surface area contributed by atoms with Gasteiger partial charge in [0.1, 0.15) is 0 Å². The minimum absolute atomic E-state index is 0.196. The molecule has 0 aromatic heterocycles. The van der Waals surface area contributed by atoms with Crippen LogP contribution in [0.5, 0.6) is 0 Å². The van der Waals surface area contributed by atoms with Crippen LogP contribution in [0.1, 0.15) is 50.0 Å². The Labute approximate surface area is 196 Å². The van der Waals surface area contributed by atoms with E-state index < -0.39 is 0 Å².